The molecule has 1 atom stereocenters. The molecule has 0 saturated carbocycles. The van der Waals surface area contributed by atoms with E-state index in [9.17, 15) is 5.11 Å². The lowest BCUT2D eigenvalue weighted by Crippen LogP contribution is -2.09. The highest BCUT2D eigenvalue weighted by Crippen LogP contribution is 2.21. The summed E-state index contributed by atoms with van der Waals surface area (Å²) in [6.07, 6.45) is 1.78. The SMILES string of the molecule is CCn1nc(C)cc1CC(O)c1cnn(C)c1C. The van der Waals surface area contributed by atoms with Crippen molar-refractivity contribution in [2.24, 2.45) is 7.05 Å². The normalized spacial score (nSPS) is 12.9. The zero-order valence-corrected chi connectivity index (χ0v) is 11.4. The summed E-state index contributed by atoms with van der Waals surface area (Å²) in [5.41, 5.74) is 3.94. The van der Waals surface area contributed by atoms with E-state index in [1.54, 1.807) is 10.9 Å². The highest BCUT2D eigenvalue weighted by Gasteiger charge is 2.16. The van der Waals surface area contributed by atoms with Crippen molar-refractivity contribution in [1.29, 1.82) is 0 Å². The van der Waals surface area contributed by atoms with Crippen molar-refractivity contribution >= 4 is 0 Å². The van der Waals surface area contributed by atoms with Crippen LogP contribution in [0.4, 0.5) is 0 Å². The largest absolute Gasteiger partial charge is 0.388 e. The summed E-state index contributed by atoms with van der Waals surface area (Å²) in [7, 11) is 1.88. The van der Waals surface area contributed by atoms with Crippen LogP contribution in [0.2, 0.25) is 0 Å². The van der Waals surface area contributed by atoms with E-state index in [1.165, 1.54) is 0 Å². The number of aromatic nitrogens is 4. The molecule has 0 radical (unpaired) electrons. The summed E-state index contributed by atoms with van der Waals surface area (Å²) in [6, 6.07) is 2.03. The molecule has 2 aromatic heterocycles. The first-order valence-electron chi connectivity index (χ1n) is 6.22. The number of aryl methyl sites for hydroxylation is 3. The van der Waals surface area contributed by atoms with Crippen molar-refractivity contribution in [3.05, 3.63) is 34.9 Å². The molecular formula is C13H20N4O. The first-order chi connectivity index (χ1) is 8.52. The van der Waals surface area contributed by atoms with Gasteiger partial charge in [0.2, 0.25) is 0 Å². The number of hydrogen-bond donors (Lipinski definition) is 1. The fraction of sp³-hybridized carbons (Fsp3) is 0.538. The highest BCUT2D eigenvalue weighted by atomic mass is 16.3. The maximum absolute atomic E-state index is 10.3. The van der Waals surface area contributed by atoms with Crippen LogP contribution in [0.15, 0.2) is 12.3 Å². The summed E-state index contributed by atoms with van der Waals surface area (Å²) in [5, 5.41) is 18.9. The molecule has 18 heavy (non-hydrogen) atoms. The lowest BCUT2D eigenvalue weighted by Gasteiger charge is -2.11. The Balaban J connectivity index is 2.20. The zero-order chi connectivity index (χ0) is 13.3. The molecule has 5 heteroatoms. The summed E-state index contributed by atoms with van der Waals surface area (Å²) in [5.74, 6) is 0. The van der Waals surface area contributed by atoms with E-state index in [0.29, 0.717) is 6.42 Å². The van der Waals surface area contributed by atoms with Gasteiger partial charge in [0.1, 0.15) is 0 Å². The molecule has 0 saturated heterocycles. The van der Waals surface area contributed by atoms with Crippen LogP contribution in [0.5, 0.6) is 0 Å². The summed E-state index contributed by atoms with van der Waals surface area (Å²) < 4.78 is 3.71. The predicted molar refractivity (Wildman–Crippen MR) is 69.2 cm³/mol. The predicted octanol–water partition coefficient (Wildman–Crippen LogP) is 1.53. The van der Waals surface area contributed by atoms with Crippen LogP contribution in [0.3, 0.4) is 0 Å². The minimum absolute atomic E-state index is 0.528. The van der Waals surface area contributed by atoms with Gasteiger partial charge in [-0.2, -0.15) is 10.2 Å². The van der Waals surface area contributed by atoms with Gasteiger partial charge in [-0.1, -0.05) is 0 Å². The Morgan fingerprint density at radius 1 is 1.39 bits per heavy atom. The molecule has 0 aliphatic carbocycles. The maximum atomic E-state index is 10.3. The molecule has 2 aromatic rings. The van der Waals surface area contributed by atoms with E-state index in [1.807, 2.05) is 31.6 Å². The van der Waals surface area contributed by atoms with Gasteiger partial charge in [-0.15, -0.1) is 0 Å². The Hall–Kier alpha value is -1.62. The zero-order valence-electron chi connectivity index (χ0n) is 11.4. The summed E-state index contributed by atoms with van der Waals surface area (Å²) >= 11 is 0. The third-order valence-corrected chi connectivity index (χ3v) is 3.32. The second-order valence-corrected chi connectivity index (χ2v) is 4.62. The van der Waals surface area contributed by atoms with Crippen LogP contribution in [-0.2, 0) is 20.0 Å². The number of aliphatic hydroxyl groups is 1. The summed E-state index contributed by atoms with van der Waals surface area (Å²) in [4.78, 5) is 0. The smallest absolute Gasteiger partial charge is 0.0878 e. The second kappa shape index (κ2) is 4.94. The van der Waals surface area contributed by atoms with Crippen molar-refractivity contribution < 1.29 is 5.11 Å². The van der Waals surface area contributed by atoms with E-state index < -0.39 is 6.10 Å². The number of rotatable bonds is 4. The van der Waals surface area contributed by atoms with E-state index in [-0.39, 0.29) is 0 Å². The molecule has 0 amide bonds. The Morgan fingerprint density at radius 3 is 2.67 bits per heavy atom. The Morgan fingerprint density at radius 2 is 2.11 bits per heavy atom. The first-order valence-corrected chi connectivity index (χ1v) is 6.22. The van der Waals surface area contributed by atoms with E-state index >= 15 is 0 Å². The Kier molecular flexibility index (Phi) is 3.52. The molecule has 0 aliphatic heterocycles. The van der Waals surface area contributed by atoms with Gasteiger partial charge < -0.3 is 5.11 Å². The number of aliphatic hydroxyl groups excluding tert-OH is 1. The van der Waals surface area contributed by atoms with Gasteiger partial charge in [-0.3, -0.25) is 9.36 Å². The maximum Gasteiger partial charge on any atom is 0.0878 e. The molecule has 0 bridgehead atoms. The fourth-order valence-electron chi connectivity index (χ4n) is 2.19. The standard InChI is InChI=1S/C13H20N4O/c1-5-17-11(6-9(2)15-17)7-13(18)12-8-14-16(4)10(12)3/h6,8,13,18H,5,7H2,1-4H3. The van der Waals surface area contributed by atoms with Crippen molar-refractivity contribution in [2.75, 3.05) is 0 Å². The average molecular weight is 248 g/mol. The van der Waals surface area contributed by atoms with E-state index in [0.717, 1.165) is 29.2 Å². The van der Waals surface area contributed by atoms with Gasteiger partial charge in [-0.25, -0.2) is 0 Å². The lowest BCUT2D eigenvalue weighted by atomic mass is 10.1. The monoisotopic (exact) mass is 248 g/mol. The number of nitrogens with zero attached hydrogens (tertiary/aromatic N) is 4. The van der Waals surface area contributed by atoms with Crippen LogP contribution in [0, 0.1) is 13.8 Å². The molecule has 0 aromatic carbocycles. The van der Waals surface area contributed by atoms with Crippen LogP contribution in [0.1, 0.15) is 35.7 Å². The molecule has 98 valence electrons. The molecule has 1 N–H and O–H groups in total. The van der Waals surface area contributed by atoms with Gasteiger partial charge in [0, 0.05) is 37.0 Å². The number of hydrogen-bond acceptors (Lipinski definition) is 3. The van der Waals surface area contributed by atoms with E-state index in [2.05, 4.69) is 17.1 Å². The third kappa shape index (κ3) is 2.31. The Labute approximate surface area is 107 Å². The molecule has 1 unspecified atom stereocenters. The Bertz CT molecular complexity index is 541. The minimum Gasteiger partial charge on any atom is -0.388 e. The highest BCUT2D eigenvalue weighted by molar-refractivity contribution is 5.21. The minimum atomic E-state index is -0.528. The molecule has 0 aliphatic rings. The van der Waals surface area contributed by atoms with Crippen molar-refractivity contribution in [3.8, 4) is 0 Å². The van der Waals surface area contributed by atoms with Crippen LogP contribution in [0.25, 0.3) is 0 Å². The molecule has 0 fully saturated rings. The van der Waals surface area contributed by atoms with E-state index in [4.69, 9.17) is 0 Å². The van der Waals surface area contributed by atoms with Crippen molar-refractivity contribution in [2.45, 2.75) is 39.8 Å². The topological polar surface area (TPSA) is 55.9 Å². The van der Waals surface area contributed by atoms with Crippen molar-refractivity contribution in [1.82, 2.24) is 19.6 Å². The molecular weight excluding hydrogens is 228 g/mol. The van der Waals surface area contributed by atoms with Gasteiger partial charge in [0.25, 0.3) is 0 Å². The lowest BCUT2D eigenvalue weighted by molar-refractivity contribution is 0.174. The molecule has 0 spiro atoms. The van der Waals surface area contributed by atoms with Crippen LogP contribution >= 0.6 is 0 Å². The van der Waals surface area contributed by atoms with Gasteiger partial charge in [-0.05, 0) is 26.8 Å². The molecule has 5 nitrogen and oxygen atoms in total. The van der Waals surface area contributed by atoms with Crippen LogP contribution in [-0.4, -0.2) is 24.7 Å². The third-order valence-electron chi connectivity index (χ3n) is 3.32. The van der Waals surface area contributed by atoms with Crippen LogP contribution < -0.4 is 0 Å². The average Bonchev–Trinajstić information content (AvgIpc) is 2.84. The second-order valence-electron chi connectivity index (χ2n) is 4.62. The molecule has 2 heterocycles. The fourth-order valence-corrected chi connectivity index (χ4v) is 2.19. The summed E-state index contributed by atoms with van der Waals surface area (Å²) in [6.45, 7) is 6.81. The molecule has 2 rings (SSSR count). The van der Waals surface area contributed by atoms with Crippen molar-refractivity contribution in [3.63, 3.8) is 0 Å². The van der Waals surface area contributed by atoms with Gasteiger partial charge >= 0.3 is 0 Å². The van der Waals surface area contributed by atoms with Gasteiger partial charge in [0.15, 0.2) is 0 Å². The quantitative estimate of drug-likeness (QED) is 0.892. The first kappa shape index (κ1) is 12.8. The van der Waals surface area contributed by atoms with Gasteiger partial charge in [0.05, 0.1) is 18.0 Å².